The Hall–Kier alpha value is -3.68. The van der Waals surface area contributed by atoms with Crippen LogP contribution in [0.15, 0.2) is 48.5 Å². The number of aromatic hydroxyl groups is 1. The third-order valence-corrected chi connectivity index (χ3v) is 6.24. The fourth-order valence-corrected chi connectivity index (χ4v) is 4.50. The Bertz CT molecular complexity index is 1210. The molecule has 3 aromatic rings. The van der Waals surface area contributed by atoms with Crippen molar-refractivity contribution in [3.8, 4) is 17.0 Å². The second-order valence-corrected chi connectivity index (χ2v) is 9.48. The number of phenolic OH excluding ortho intramolecular Hbond substituents is 1. The van der Waals surface area contributed by atoms with Crippen LogP contribution in [0.3, 0.4) is 0 Å². The molecule has 1 fully saturated rings. The molecule has 1 aromatic heterocycles. The van der Waals surface area contributed by atoms with Crippen LogP contribution in [0, 0.1) is 11.7 Å². The number of anilines is 1. The summed E-state index contributed by atoms with van der Waals surface area (Å²) >= 11 is 0. The van der Waals surface area contributed by atoms with Crippen molar-refractivity contribution in [2.24, 2.45) is 5.92 Å². The van der Waals surface area contributed by atoms with Crippen molar-refractivity contribution >= 4 is 17.6 Å². The summed E-state index contributed by atoms with van der Waals surface area (Å²) in [5.41, 5.74) is 2.59. The number of benzene rings is 2. The summed E-state index contributed by atoms with van der Waals surface area (Å²) in [4.78, 5) is 25.1. The molecule has 3 N–H and O–H groups in total. The Morgan fingerprint density at radius 1 is 1.14 bits per heavy atom. The molecule has 0 bridgehead atoms. The van der Waals surface area contributed by atoms with Crippen LogP contribution < -0.4 is 10.6 Å². The normalized spacial score (nSPS) is 13.8. The number of phenols is 1. The van der Waals surface area contributed by atoms with Crippen molar-refractivity contribution < 1.29 is 19.1 Å². The average Bonchev–Trinajstić information content (AvgIpc) is 3.48. The monoisotopic (exact) mass is 478 g/mol. The van der Waals surface area contributed by atoms with Gasteiger partial charge in [-0.2, -0.15) is 9.78 Å². The van der Waals surface area contributed by atoms with E-state index in [-0.39, 0.29) is 35.9 Å². The van der Waals surface area contributed by atoms with Crippen molar-refractivity contribution in [3.05, 3.63) is 65.6 Å². The highest BCUT2D eigenvalue weighted by molar-refractivity contribution is 5.91. The van der Waals surface area contributed by atoms with Gasteiger partial charge in [0.2, 0.25) is 5.91 Å². The average molecular weight is 479 g/mol. The number of aromatic nitrogens is 2. The second-order valence-electron chi connectivity index (χ2n) is 9.48. The molecular formula is C27H31FN4O3. The Kier molecular flexibility index (Phi) is 7.48. The van der Waals surface area contributed by atoms with Crippen molar-refractivity contribution in [1.82, 2.24) is 15.1 Å². The van der Waals surface area contributed by atoms with Gasteiger partial charge < -0.3 is 15.7 Å². The lowest BCUT2D eigenvalue weighted by Crippen LogP contribution is -2.31. The Morgan fingerprint density at radius 2 is 1.89 bits per heavy atom. The van der Waals surface area contributed by atoms with Gasteiger partial charge in [0, 0.05) is 41.8 Å². The lowest BCUT2D eigenvalue weighted by atomic mass is 10.0. The third kappa shape index (κ3) is 5.88. The van der Waals surface area contributed by atoms with Crippen LogP contribution in [0.1, 0.15) is 63.1 Å². The molecule has 2 aromatic carbocycles. The van der Waals surface area contributed by atoms with E-state index in [1.54, 1.807) is 30.3 Å². The van der Waals surface area contributed by atoms with Gasteiger partial charge in [0.15, 0.2) is 0 Å². The number of hydrogen-bond acceptors (Lipinski definition) is 4. The molecule has 0 aliphatic heterocycles. The zero-order valence-corrected chi connectivity index (χ0v) is 20.1. The maximum absolute atomic E-state index is 14.0. The molecule has 8 heteroatoms. The van der Waals surface area contributed by atoms with E-state index in [0.29, 0.717) is 28.9 Å². The van der Waals surface area contributed by atoms with E-state index in [4.69, 9.17) is 0 Å². The van der Waals surface area contributed by atoms with E-state index in [0.717, 1.165) is 31.4 Å². The number of nitrogens with zero attached hydrogens (tertiary/aromatic N) is 2. The van der Waals surface area contributed by atoms with E-state index >= 15 is 0 Å². The minimum absolute atomic E-state index is 0.0401. The molecule has 4 rings (SSSR count). The minimum atomic E-state index is -0.446. The summed E-state index contributed by atoms with van der Waals surface area (Å²) < 4.78 is 15.3. The molecule has 35 heavy (non-hydrogen) atoms. The molecule has 0 unspecified atom stereocenters. The van der Waals surface area contributed by atoms with Gasteiger partial charge in [-0.05, 0) is 43.0 Å². The van der Waals surface area contributed by atoms with E-state index < -0.39 is 6.03 Å². The van der Waals surface area contributed by atoms with Gasteiger partial charge in [-0.3, -0.25) is 4.79 Å². The molecular weight excluding hydrogens is 447 g/mol. The summed E-state index contributed by atoms with van der Waals surface area (Å²) in [5, 5.41) is 20.7. The van der Waals surface area contributed by atoms with E-state index in [2.05, 4.69) is 15.7 Å². The number of carbonyl (C=O) groups is 2. The van der Waals surface area contributed by atoms with E-state index in [9.17, 15) is 19.1 Å². The summed E-state index contributed by atoms with van der Waals surface area (Å²) in [6, 6.07) is 12.6. The van der Waals surface area contributed by atoms with Crippen molar-refractivity contribution in [1.29, 1.82) is 0 Å². The number of halogens is 1. The van der Waals surface area contributed by atoms with Crippen LogP contribution in [-0.4, -0.2) is 26.8 Å². The van der Waals surface area contributed by atoms with Crippen LogP contribution >= 0.6 is 0 Å². The predicted octanol–water partition coefficient (Wildman–Crippen LogP) is 5.79. The highest BCUT2D eigenvalue weighted by Gasteiger charge is 2.26. The summed E-state index contributed by atoms with van der Waals surface area (Å²) in [5.74, 6) is -0.124. The SMILES string of the molecule is CC(C)CC(=O)Nc1ccc(-c2cc(C3CCCC3)n(C(=O)NCc3ccccc3F)n2)c(O)c1. The zero-order chi connectivity index (χ0) is 24.9. The first-order valence-corrected chi connectivity index (χ1v) is 12.1. The molecule has 7 nitrogen and oxygen atoms in total. The van der Waals surface area contributed by atoms with Gasteiger partial charge in [0.05, 0.1) is 11.4 Å². The van der Waals surface area contributed by atoms with Gasteiger partial charge in [-0.25, -0.2) is 9.18 Å². The van der Waals surface area contributed by atoms with Gasteiger partial charge in [0.25, 0.3) is 0 Å². The largest absolute Gasteiger partial charge is 0.507 e. The molecule has 0 atom stereocenters. The lowest BCUT2D eigenvalue weighted by molar-refractivity contribution is -0.116. The van der Waals surface area contributed by atoms with Gasteiger partial charge >= 0.3 is 6.03 Å². The lowest BCUT2D eigenvalue weighted by Gasteiger charge is -2.12. The fourth-order valence-electron chi connectivity index (χ4n) is 4.50. The van der Waals surface area contributed by atoms with Gasteiger partial charge in [0.1, 0.15) is 11.6 Å². The maximum atomic E-state index is 14.0. The van der Waals surface area contributed by atoms with E-state index in [1.807, 2.05) is 19.9 Å². The maximum Gasteiger partial charge on any atom is 0.342 e. The molecule has 1 aliphatic rings. The first kappa shape index (κ1) is 24.4. The van der Waals surface area contributed by atoms with Crippen LogP contribution in [0.2, 0.25) is 0 Å². The predicted molar refractivity (Wildman–Crippen MR) is 133 cm³/mol. The van der Waals surface area contributed by atoms with Crippen molar-refractivity contribution in [2.45, 2.75) is 58.4 Å². The van der Waals surface area contributed by atoms with Crippen LogP contribution in [-0.2, 0) is 11.3 Å². The number of nitrogens with one attached hydrogen (secondary N) is 2. The van der Waals surface area contributed by atoms with Crippen LogP contribution in [0.25, 0.3) is 11.3 Å². The number of carbonyl (C=O) groups excluding carboxylic acids is 2. The molecule has 184 valence electrons. The standard InChI is InChI=1S/C27H31FN4O3/c1-17(2)13-26(34)30-20-11-12-21(25(33)14-20)23-15-24(18-7-3-4-8-18)32(31-23)27(35)29-16-19-9-5-6-10-22(19)28/h5-6,9-12,14-15,17-18,33H,3-4,7-8,13,16H2,1-2H3,(H,29,35)(H,30,34). The van der Waals surface area contributed by atoms with Crippen LogP contribution in [0.4, 0.5) is 14.9 Å². The van der Waals surface area contributed by atoms with Gasteiger partial charge in [-0.1, -0.05) is 44.9 Å². The van der Waals surface area contributed by atoms with Gasteiger partial charge in [-0.15, -0.1) is 0 Å². The van der Waals surface area contributed by atoms with Crippen LogP contribution in [0.5, 0.6) is 5.75 Å². The minimum Gasteiger partial charge on any atom is -0.507 e. The molecule has 2 amide bonds. The Morgan fingerprint density at radius 3 is 2.57 bits per heavy atom. The molecule has 1 aliphatic carbocycles. The van der Waals surface area contributed by atoms with Crippen molar-refractivity contribution in [3.63, 3.8) is 0 Å². The summed E-state index contributed by atoms with van der Waals surface area (Å²) in [7, 11) is 0. The first-order valence-electron chi connectivity index (χ1n) is 12.1. The molecule has 1 saturated carbocycles. The fraction of sp³-hybridized carbons (Fsp3) is 0.370. The number of rotatable bonds is 7. The van der Waals surface area contributed by atoms with Crippen molar-refractivity contribution in [2.75, 3.05) is 5.32 Å². The third-order valence-electron chi connectivity index (χ3n) is 6.24. The molecule has 1 heterocycles. The Labute approximate surface area is 204 Å². The summed E-state index contributed by atoms with van der Waals surface area (Å²) in [6.07, 6.45) is 4.47. The number of hydrogen-bond donors (Lipinski definition) is 3. The molecule has 0 radical (unpaired) electrons. The summed E-state index contributed by atoms with van der Waals surface area (Å²) in [6.45, 7) is 3.97. The second kappa shape index (κ2) is 10.7. The smallest absolute Gasteiger partial charge is 0.342 e. The Balaban J connectivity index is 1.58. The highest BCUT2D eigenvalue weighted by Crippen LogP contribution is 2.38. The molecule has 0 saturated heterocycles. The first-order chi connectivity index (χ1) is 16.8. The quantitative estimate of drug-likeness (QED) is 0.400. The number of amides is 2. The van der Waals surface area contributed by atoms with E-state index in [1.165, 1.54) is 16.8 Å². The molecule has 0 spiro atoms. The topological polar surface area (TPSA) is 96.3 Å². The zero-order valence-electron chi connectivity index (χ0n) is 20.1. The highest BCUT2D eigenvalue weighted by atomic mass is 19.1.